The molecule has 0 bridgehead atoms. The molecule has 1 aliphatic rings. The van der Waals surface area contributed by atoms with Crippen LogP contribution in [0.5, 0.6) is 0 Å². The smallest absolute Gasteiger partial charge is 0.270 e. The van der Waals surface area contributed by atoms with Gasteiger partial charge >= 0.3 is 0 Å². The van der Waals surface area contributed by atoms with Gasteiger partial charge in [0.05, 0.1) is 12.8 Å². The minimum atomic E-state index is -3.68. The molecule has 2 N–H and O–H groups in total. The van der Waals surface area contributed by atoms with Crippen molar-refractivity contribution < 1.29 is 17.6 Å². The highest BCUT2D eigenvalue weighted by Crippen LogP contribution is 2.16. The lowest BCUT2D eigenvalue weighted by molar-refractivity contribution is 0.0787. The molecule has 3 heterocycles. The highest BCUT2D eigenvalue weighted by molar-refractivity contribution is 7.89. The molecular weight excluding hydrogens is 306 g/mol. The van der Waals surface area contributed by atoms with Crippen LogP contribution in [0.1, 0.15) is 29.1 Å². The molecule has 2 aromatic heterocycles. The predicted molar refractivity (Wildman–Crippen MR) is 78.7 cm³/mol. The molecule has 2 aromatic rings. The van der Waals surface area contributed by atoms with Crippen LogP contribution in [0, 0.1) is 0 Å². The van der Waals surface area contributed by atoms with Gasteiger partial charge < -0.3 is 14.3 Å². The molecule has 0 unspecified atom stereocenters. The van der Waals surface area contributed by atoms with Crippen LogP contribution in [0.2, 0.25) is 0 Å². The quantitative estimate of drug-likeness (QED) is 0.867. The van der Waals surface area contributed by atoms with Gasteiger partial charge in [-0.05, 0) is 31.0 Å². The van der Waals surface area contributed by atoms with E-state index in [1.165, 1.54) is 18.5 Å². The van der Waals surface area contributed by atoms with E-state index < -0.39 is 10.0 Å². The van der Waals surface area contributed by atoms with Gasteiger partial charge in [-0.2, -0.15) is 0 Å². The number of rotatable bonds is 5. The highest BCUT2D eigenvalue weighted by Gasteiger charge is 2.23. The lowest BCUT2D eigenvalue weighted by Gasteiger charge is -2.13. The second-order valence-corrected chi connectivity index (χ2v) is 6.92. The number of carbonyl (C=O) groups is 1. The first kappa shape index (κ1) is 14.9. The Labute approximate surface area is 128 Å². The molecular formula is C14H17N3O4S. The number of carbonyl (C=O) groups excluding carboxylic acids is 1. The number of aromatic nitrogens is 1. The fourth-order valence-electron chi connectivity index (χ4n) is 2.41. The molecule has 0 atom stereocenters. The Balaban J connectivity index is 1.70. The Kier molecular flexibility index (Phi) is 4.04. The standard InChI is InChI=1S/C14H17N3O4S/c18-14(17-5-1-2-6-17)13-8-12(10-15-13)22(19,20)16-9-11-4-3-7-21-11/h3-4,7-8,10,15-16H,1-2,5-6,9H2. The second-order valence-electron chi connectivity index (χ2n) is 5.15. The molecule has 3 rings (SSSR count). The number of hydrogen-bond acceptors (Lipinski definition) is 4. The third kappa shape index (κ3) is 3.07. The van der Waals surface area contributed by atoms with E-state index in [1.54, 1.807) is 17.0 Å². The topological polar surface area (TPSA) is 95.4 Å². The lowest BCUT2D eigenvalue weighted by atomic mass is 10.4. The maximum absolute atomic E-state index is 12.2. The second kappa shape index (κ2) is 5.98. The van der Waals surface area contributed by atoms with Gasteiger partial charge in [-0.3, -0.25) is 4.79 Å². The van der Waals surface area contributed by atoms with Gasteiger partial charge in [0.2, 0.25) is 10.0 Å². The maximum Gasteiger partial charge on any atom is 0.270 e. The zero-order valence-electron chi connectivity index (χ0n) is 11.9. The van der Waals surface area contributed by atoms with Crippen LogP contribution in [0.3, 0.4) is 0 Å². The molecule has 8 heteroatoms. The van der Waals surface area contributed by atoms with Crippen LogP contribution in [0.4, 0.5) is 0 Å². The summed E-state index contributed by atoms with van der Waals surface area (Å²) in [4.78, 5) is 16.7. The molecule has 1 saturated heterocycles. The van der Waals surface area contributed by atoms with Crippen LogP contribution < -0.4 is 4.72 Å². The largest absolute Gasteiger partial charge is 0.468 e. The third-order valence-electron chi connectivity index (χ3n) is 3.61. The first-order chi connectivity index (χ1) is 10.6. The molecule has 1 fully saturated rings. The predicted octanol–water partition coefficient (Wildman–Crippen LogP) is 1.32. The zero-order chi connectivity index (χ0) is 15.6. The molecule has 0 aliphatic carbocycles. The molecule has 0 radical (unpaired) electrons. The summed E-state index contributed by atoms with van der Waals surface area (Å²) in [5.74, 6) is 0.359. The van der Waals surface area contributed by atoms with Crippen molar-refractivity contribution in [3.05, 3.63) is 42.1 Å². The number of H-pyrrole nitrogens is 1. The number of furan rings is 1. The number of nitrogens with one attached hydrogen (secondary N) is 2. The summed E-state index contributed by atoms with van der Waals surface area (Å²) in [6.07, 6.45) is 4.78. The number of aromatic amines is 1. The van der Waals surface area contributed by atoms with Crippen LogP contribution in [0.25, 0.3) is 0 Å². The number of likely N-dealkylation sites (tertiary alicyclic amines) is 1. The summed E-state index contributed by atoms with van der Waals surface area (Å²) in [6, 6.07) is 4.74. The van der Waals surface area contributed by atoms with Gasteiger partial charge in [0.25, 0.3) is 5.91 Å². The van der Waals surface area contributed by atoms with E-state index in [-0.39, 0.29) is 17.3 Å². The number of hydrogen-bond donors (Lipinski definition) is 2. The Morgan fingerprint density at radius 3 is 2.82 bits per heavy atom. The molecule has 1 aliphatic heterocycles. The summed E-state index contributed by atoms with van der Waals surface area (Å²) >= 11 is 0. The number of sulfonamides is 1. The monoisotopic (exact) mass is 323 g/mol. The molecule has 0 saturated carbocycles. The molecule has 22 heavy (non-hydrogen) atoms. The molecule has 1 amide bonds. The summed E-state index contributed by atoms with van der Waals surface area (Å²) in [7, 11) is -3.68. The first-order valence-corrected chi connectivity index (χ1v) is 8.54. The van der Waals surface area contributed by atoms with Crippen molar-refractivity contribution in [2.24, 2.45) is 0 Å². The van der Waals surface area contributed by atoms with Crippen molar-refractivity contribution in [3.8, 4) is 0 Å². The highest BCUT2D eigenvalue weighted by atomic mass is 32.2. The van der Waals surface area contributed by atoms with Gasteiger partial charge in [-0.25, -0.2) is 13.1 Å². The number of amides is 1. The maximum atomic E-state index is 12.2. The van der Waals surface area contributed by atoms with Crippen LogP contribution in [-0.2, 0) is 16.6 Å². The van der Waals surface area contributed by atoms with Crippen molar-refractivity contribution in [1.29, 1.82) is 0 Å². The van der Waals surface area contributed by atoms with E-state index in [0.29, 0.717) is 11.5 Å². The van der Waals surface area contributed by atoms with Crippen molar-refractivity contribution >= 4 is 15.9 Å². The van der Waals surface area contributed by atoms with E-state index in [9.17, 15) is 13.2 Å². The van der Waals surface area contributed by atoms with Gasteiger partial charge in [-0.15, -0.1) is 0 Å². The average molecular weight is 323 g/mol. The van der Waals surface area contributed by atoms with Crippen molar-refractivity contribution in [2.45, 2.75) is 24.3 Å². The summed E-state index contributed by atoms with van der Waals surface area (Å²) in [5.41, 5.74) is 0.292. The summed E-state index contributed by atoms with van der Waals surface area (Å²) < 4.78 is 31.9. The van der Waals surface area contributed by atoms with Crippen molar-refractivity contribution in [3.63, 3.8) is 0 Å². The summed E-state index contributed by atoms with van der Waals surface area (Å²) in [5, 5.41) is 0. The minimum Gasteiger partial charge on any atom is -0.468 e. The normalized spacial score (nSPS) is 15.4. The van der Waals surface area contributed by atoms with Crippen LogP contribution in [0.15, 0.2) is 40.0 Å². The van der Waals surface area contributed by atoms with Gasteiger partial charge in [0, 0.05) is 19.3 Å². The van der Waals surface area contributed by atoms with Crippen LogP contribution in [-0.4, -0.2) is 37.3 Å². The summed E-state index contributed by atoms with van der Waals surface area (Å²) in [6.45, 7) is 1.50. The van der Waals surface area contributed by atoms with Gasteiger partial charge in [0.15, 0.2) is 0 Å². The van der Waals surface area contributed by atoms with Crippen molar-refractivity contribution in [1.82, 2.24) is 14.6 Å². The Bertz CT molecular complexity index is 743. The van der Waals surface area contributed by atoms with E-state index in [2.05, 4.69) is 9.71 Å². The minimum absolute atomic E-state index is 0.0432. The Hall–Kier alpha value is -2.06. The van der Waals surface area contributed by atoms with Gasteiger partial charge in [-0.1, -0.05) is 0 Å². The molecule has 0 aromatic carbocycles. The molecule has 118 valence electrons. The molecule has 0 spiro atoms. The van der Waals surface area contributed by atoms with Crippen LogP contribution >= 0.6 is 0 Å². The first-order valence-electron chi connectivity index (χ1n) is 7.06. The van der Waals surface area contributed by atoms with E-state index in [4.69, 9.17) is 4.42 Å². The zero-order valence-corrected chi connectivity index (χ0v) is 12.7. The fourth-order valence-corrected chi connectivity index (χ4v) is 3.39. The fraction of sp³-hybridized carbons (Fsp3) is 0.357. The van der Waals surface area contributed by atoms with E-state index in [1.807, 2.05) is 0 Å². The average Bonchev–Trinajstić information content (AvgIpc) is 3.26. The Morgan fingerprint density at radius 2 is 2.14 bits per heavy atom. The SMILES string of the molecule is O=C(c1cc(S(=O)(=O)NCc2ccco2)c[nH]1)N1CCCC1. The molecule has 7 nitrogen and oxygen atoms in total. The van der Waals surface area contributed by atoms with Crippen molar-refractivity contribution in [2.75, 3.05) is 13.1 Å². The van der Waals surface area contributed by atoms with E-state index in [0.717, 1.165) is 25.9 Å². The third-order valence-corrected chi connectivity index (χ3v) is 4.99. The number of nitrogens with zero attached hydrogens (tertiary/aromatic N) is 1. The lowest BCUT2D eigenvalue weighted by Crippen LogP contribution is -2.27. The Morgan fingerprint density at radius 1 is 1.36 bits per heavy atom. The van der Waals surface area contributed by atoms with Gasteiger partial charge in [0.1, 0.15) is 16.3 Å². The van der Waals surface area contributed by atoms with E-state index >= 15 is 0 Å².